The molecule has 0 bridgehead atoms. The number of rotatable bonds is 34. The molecule has 3 atom stereocenters. The molecule has 0 aliphatic heterocycles. The third kappa shape index (κ3) is 24.6. The van der Waals surface area contributed by atoms with E-state index in [2.05, 4.69) is 13.8 Å². The number of ketones is 2. The summed E-state index contributed by atoms with van der Waals surface area (Å²) in [7, 11) is 0. The minimum atomic E-state index is -1.69. The van der Waals surface area contributed by atoms with Gasteiger partial charge in [-0.15, -0.1) is 0 Å². The molecule has 0 saturated heterocycles. The maximum absolute atomic E-state index is 13.0. The lowest BCUT2D eigenvalue weighted by atomic mass is 9.86. The zero-order chi connectivity index (χ0) is 31.1. The monoisotopic (exact) mass is 597 g/mol. The van der Waals surface area contributed by atoms with Gasteiger partial charge in [-0.3, -0.25) is 9.59 Å². The standard InChI is InChI=1S/C37H72O5/c1-3-5-7-9-11-13-15-17-18-19-21-23-25-27-29-31-34(39)33(36(41)37(42)35(40)32-38)30-28-26-24-22-20-16-14-12-10-8-6-4-2/h33,35,37-38,40,42H,3-32H2,1-2H3. The Balaban J connectivity index is 4.09. The topological polar surface area (TPSA) is 94.8 Å². The van der Waals surface area contributed by atoms with Crippen molar-refractivity contribution in [2.45, 2.75) is 212 Å². The quantitative estimate of drug-likeness (QED) is 0.0507. The van der Waals surface area contributed by atoms with Crippen molar-refractivity contribution < 1.29 is 24.9 Å². The van der Waals surface area contributed by atoms with Crippen LogP contribution in [-0.2, 0) is 9.59 Å². The number of hydrogen-bond acceptors (Lipinski definition) is 5. The molecule has 0 amide bonds. The molecule has 0 aromatic heterocycles. The van der Waals surface area contributed by atoms with Crippen molar-refractivity contribution in [3.8, 4) is 0 Å². The van der Waals surface area contributed by atoms with E-state index in [4.69, 9.17) is 5.11 Å². The van der Waals surface area contributed by atoms with E-state index in [1.165, 1.54) is 135 Å². The van der Waals surface area contributed by atoms with E-state index in [1.54, 1.807) is 0 Å². The summed E-state index contributed by atoms with van der Waals surface area (Å²) < 4.78 is 0. The van der Waals surface area contributed by atoms with Crippen molar-refractivity contribution in [2.24, 2.45) is 5.92 Å². The van der Waals surface area contributed by atoms with Crippen LogP contribution in [0.25, 0.3) is 0 Å². The molecule has 5 nitrogen and oxygen atoms in total. The van der Waals surface area contributed by atoms with E-state index in [0.29, 0.717) is 12.8 Å². The Bertz CT molecular complexity index is 593. The van der Waals surface area contributed by atoms with Crippen molar-refractivity contribution in [1.29, 1.82) is 0 Å². The van der Waals surface area contributed by atoms with E-state index in [-0.39, 0.29) is 5.78 Å². The van der Waals surface area contributed by atoms with Gasteiger partial charge in [0.15, 0.2) is 5.78 Å². The van der Waals surface area contributed by atoms with Crippen LogP contribution in [0, 0.1) is 5.92 Å². The highest BCUT2D eigenvalue weighted by atomic mass is 16.4. The molecule has 42 heavy (non-hydrogen) atoms. The van der Waals surface area contributed by atoms with Crippen LogP contribution in [0.4, 0.5) is 0 Å². The lowest BCUT2D eigenvalue weighted by Gasteiger charge is -2.21. The number of carbonyl (C=O) groups excluding carboxylic acids is 2. The molecule has 0 radical (unpaired) electrons. The number of Topliss-reactive ketones (excluding diaryl/α,β-unsaturated/α-hetero) is 2. The van der Waals surface area contributed by atoms with E-state index in [0.717, 1.165) is 38.5 Å². The Morgan fingerprint density at radius 2 is 0.786 bits per heavy atom. The van der Waals surface area contributed by atoms with Gasteiger partial charge >= 0.3 is 0 Å². The zero-order valence-corrected chi connectivity index (χ0v) is 28.1. The smallest absolute Gasteiger partial charge is 0.174 e. The Morgan fingerprint density at radius 1 is 0.476 bits per heavy atom. The van der Waals surface area contributed by atoms with Gasteiger partial charge in [-0.1, -0.05) is 181 Å². The van der Waals surface area contributed by atoms with Gasteiger partial charge in [-0.25, -0.2) is 0 Å². The highest BCUT2D eigenvalue weighted by Gasteiger charge is 2.33. The molecule has 0 aromatic rings. The molecule has 0 aromatic carbocycles. The van der Waals surface area contributed by atoms with Crippen LogP contribution in [0.1, 0.15) is 200 Å². The van der Waals surface area contributed by atoms with Crippen LogP contribution in [0.15, 0.2) is 0 Å². The van der Waals surface area contributed by atoms with Gasteiger partial charge in [0.25, 0.3) is 0 Å². The van der Waals surface area contributed by atoms with Gasteiger partial charge in [-0.05, 0) is 12.8 Å². The summed E-state index contributed by atoms with van der Waals surface area (Å²) in [5.74, 6) is -1.59. The summed E-state index contributed by atoms with van der Waals surface area (Å²) in [6.45, 7) is 3.82. The summed E-state index contributed by atoms with van der Waals surface area (Å²) in [5, 5.41) is 29.1. The number of aliphatic hydroxyl groups excluding tert-OH is 3. The summed E-state index contributed by atoms with van der Waals surface area (Å²) in [6.07, 6.45) is 31.1. The van der Waals surface area contributed by atoms with Crippen LogP contribution in [-0.4, -0.2) is 45.7 Å². The van der Waals surface area contributed by atoms with Crippen molar-refractivity contribution >= 4 is 11.6 Å². The van der Waals surface area contributed by atoms with Crippen LogP contribution in [0.5, 0.6) is 0 Å². The van der Waals surface area contributed by atoms with Crippen molar-refractivity contribution in [1.82, 2.24) is 0 Å². The number of carbonyl (C=O) groups is 2. The number of unbranched alkanes of at least 4 members (excludes halogenated alkanes) is 25. The predicted octanol–water partition coefficient (Wildman–Crippen LogP) is 9.81. The largest absolute Gasteiger partial charge is 0.394 e. The first-order chi connectivity index (χ1) is 20.5. The normalized spacial score (nSPS) is 13.7. The number of hydrogen-bond donors (Lipinski definition) is 3. The van der Waals surface area contributed by atoms with Crippen LogP contribution >= 0.6 is 0 Å². The Kier molecular flexibility index (Phi) is 31.1. The molecule has 3 N–H and O–H groups in total. The molecule has 3 unspecified atom stereocenters. The molecule has 0 fully saturated rings. The molecule has 0 rings (SSSR count). The Morgan fingerprint density at radius 3 is 1.12 bits per heavy atom. The average molecular weight is 597 g/mol. The maximum Gasteiger partial charge on any atom is 0.174 e. The Hall–Kier alpha value is -0.780. The number of aliphatic hydroxyl groups is 3. The molecule has 250 valence electrons. The first-order valence-corrected chi connectivity index (χ1v) is 18.5. The fraction of sp³-hybridized carbons (Fsp3) is 0.946. The van der Waals surface area contributed by atoms with Gasteiger partial charge in [0.1, 0.15) is 18.0 Å². The summed E-state index contributed by atoms with van der Waals surface area (Å²) in [6, 6.07) is 0. The van der Waals surface area contributed by atoms with Gasteiger partial charge in [0.2, 0.25) is 0 Å². The SMILES string of the molecule is CCCCCCCCCCCCCCCCCC(=O)C(CCCCCCCCCCCCCC)C(=O)C(O)C(O)CO. The molecule has 0 spiro atoms. The minimum Gasteiger partial charge on any atom is -0.394 e. The molecule has 0 aliphatic rings. The van der Waals surface area contributed by atoms with Crippen molar-refractivity contribution in [3.63, 3.8) is 0 Å². The van der Waals surface area contributed by atoms with Gasteiger partial charge in [0, 0.05) is 6.42 Å². The highest BCUT2D eigenvalue weighted by Crippen LogP contribution is 2.21. The van der Waals surface area contributed by atoms with E-state index in [1.807, 2.05) is 0 Å². The minimum absolute atomic E-state index is 0.109. The van der Waals surface area contributed by atoms with Crippen LogP contribution in [0.2, 0.25) is 0 Å². The third-order valence-corrected chi connectivity index (χ3v) is 8.95. The summed E-state index contributed by atoms with van der Waals surface area (Å²) in [4.78, 5) is 25.8. The van der Waals surface area contributed by atoms with Gasteiger partial charge < -0.3 is 15.3 Å². The van der Waals surface area contributed by atoms with Crippen molar-refractivity contribution in [2.75, 3.05) is 6.61 Å². The molecule has 0 saturated carbocycles. The highest BCUT2D eigenvalue weighted by molar-refractivity contribution is 6.04. The Labute approximate surface area is 261 Å². The summed E-state index contributed by atoms with van der Waals surface area (Å²) in [5.41, 5.74) is 0. The van der Waals surface area contributed by atoms with E-state index < -0.39 is 30.5 Å². The lowest BCUT2D eigenvalue weighted by molar-refractivity contribution is -0.144. The second-order valence-corrected chi connectivity index (χ2v) is 13.0. The van der Waals surface area contributed by atoms with Gasteiger partial charge in [0.05, 0.1) is 12.5 Å². The molecule has 0 heterocycles. The third-order valence-electron chi connectivity index (χ3n) is 8.95. The van der Waals surface area contributed by atoms with Crippen LogP contribution in [0.3, 0.4) is 0 Å². The summed E-state index contributed by atoms with van der Waals surface area (Å²) >= 11 is 0. The average Bonchev–Trinajstić information content (AvgIpc) is 3.00. The molecule has 5 heteroatoms. The lowest BCUT2D eigenvalue weighted by Crippen LogP contribution is -2.42. The van der Waals surface area contributed by atoms with Crippen LogP contribution < -0.4 is 0 Å². The van der Waals surface area contributed by atoms with E-state index in [9.17, 15) is 19.8 Å². The maximum atomic E-state index is 13.0. The van der Waals surface area contributed by atoms with Crippen molar-refractivity contribution in [3.05, 3.63) is 0 Å². The molecular formula is C37H72O5. The second kappa shape index (κ2) is 31.6. The first kappa shape index (κ1) is 41.2. The predicted molar refractivity (Wildman–Crippen MR) is 178 cm³/mol. The fourth-order valence-corrected chi connectivity index (χ4v) is 5.99. The van der Waals surface area contributed by atoms with E-state index >= 15 is 0 Å². The molecule has 0 aliphatic carbocycles. The molecular weight excluding hydrogens is 524 g/mol. The van der Waals surface area contributed by atoms with Gasteiger partial charge in [-0.2, -0.15) is 0 Å². The fourth-order valence-electron chi connectivity index (χ4n) is 5.99. The zero-order valence-electron chi connectivity index (χ0n) is 28.1. The first-order valence-electron chi connectivity index (χ1n) is 18.5. The second-order valence-electron chi connectivity index (χ2n) is 13.0.